The van der Waals surface area contributed by atoms with Gasteiger partial charge >= 0.3 is 37.1 Å². The Morgan fingerprint density at radius 1 is 0.333 bits per heavy atom. The Kier molecular flexibility index (Phi) is 30.6. The zero-order valence-electron chi connectivity index (χ0n) is 64.9. The van der Waals surface area contributed by atoms with Crippen LogP contribution in [0.25, 0.3) is 62.1 Å². The third-order valence-electron chi connectivity index (χ3n) is 15.9. The molecular formula is C74H73F18N21O7. The maximum Gasteiger partial charge on any atom is 0.435 e. The van der Waals surface area contributed by atoms with Crippen molar-refractivity contribution in [1.29, 1.82) is 0 Å². The van der Waals surface area contributed by atoms with E-state index in [4.69, 9.17) is 10.2 Å². The lowest BCUT2D eigenvalue weighted by atomic mass is 10.1. The highest BCUT2D eigenvalue weighted by Crippen LogP contribution is 2.39. The normalized spacial score (nSPS) is 11.7. The molecule has 11 rings (SSSR count). The van der Waals surface area contributed by atoms with Crippen molar-refractivity contribution in [1.82, 2.24) is 103 Å². The van der Waals surface area contributed by atoms with Crippen molar-refractivity contribution in [3.8, 4) is 62.1 Å². The molecule has 0 aliphatic rings. The molecule has 28 nitrogen and oxygen atoms in total. The predicted octanol–water partition coefficient (Wildman–Crippen LogP) is 12.7. The van der Waals surface area contributed by atoms with E-state index in [9.17, 15) is 103 Å². The Morgan fingerprint density at radius 3 is 0.950 bits per heavy atom. The van der Waals surface area contributed by atoms with Gasteiger partial charge in [-0.2, -0.15) is 105 Å². The highest BCUT2D eigenvalue weighted by Gasteiger charge is 2.41. The van der Waals surface area contributed by atoms with Crippen molar-refractivity contribution in [3.05, 3.63) is 203 Å². The van der Waals surface area contributed by atoms with Gasteiger partial charge < -0.3 is 34.7 Å². The van der Waals surface area contributed by atoms with Crippen LogP contribution in [0.3, 0.4) is 0 Å². The number of hydrogen-bond donors (Lipinski definition) is 2. The molecular weight excluding hydrogens is 1640 g/mol. The summed E-state index contributed by atoms with van der Waals surface area (Å²) in [6.07, 6.45) is -19.5. The average molecular weight is 1710 g/mol. The Morgan fingerprint density at radius 2 is 0.642 bits per heavy atom. The summed E-state index contributed by atoms with van der Waals surface area (Å²) in [5.74, 6) is -1.90. The number of nitrogens with zero attached hydrogens (tertiary/aromatic N) is 21. The lowest BCUT2D eigenvalue weighted by Gasteiger charge is -2.12. The molecule has 2 N–H and O–H groups in total. The van der Waals surface area contributed by atoms with Crippen LogP contribution in [0.4, 0.5) is 79.0 Å². The highest BCUT2D eigenvalue weighted by molar-refractivity contribution is 5.95. The summed E-state index contributed by atoms with van der Waals surface area (Å²) < 4.78 is 237. The predicted molar refractivity (Wildman–Crippen MR) is 392 cm³/mol. The fourth-order valence-electron chi connectivity index (χ4n) is 10.4. The molecule has 11 aromatic rings. The van der Waals surface area contributed by atoms with Crippen LogP contribution in [0.2, 0.25) is 0 Å². The minimum absolute atomic E-state index is 0.0348. The lowest BCUT2D eigenvalue weighted by Crippen LogP contribution is -2.23. The molecule has 0 atom stereocenters. The van der Waals surface area contributed by atoms with Crippen LogP contribution in [-0.2, 0) is 57.1 Å². The van der Waals surface area contributed by atoms with Crippen LogP contribution < -0.4 is 0 Å². The number of carbonyl (C=O) groups is 5. The molecule has 46 heteroatoms. The Bertz CT molecular complexity index is 5230. The van der Waals surface area contributed by atoms with E-state index in [0.717, 1.165) is 50.6 Å². The fraction of sp³-hybridized carbons (Fsp3) is 0.324. The van der Waals surface area contributed by atoms with Gasteiger partial charge in [-0.25, -0.2) is 9.67 Å². The molecule has 5 amide bonds. The van der Waals surface area contributed by atoms with Crippen molar-refractivity contribution in [3.63, 3.8) is 0 Å². The summed E-state index contributed by atoms with van der Waals surface area (Å²) in [6, 6.07) is 22.7. The first-order valence-electron chi connectivity index (χ1n) is 34.7. The molecule has 0 unspecified atom stereocenters. The standard InChI is InChI=1S/C17H14F3N5O.C15H17F3N4O.C14H12F6N4O.2C14H15F3N4O2/c1-24(2)16(26)13-9-11(6-8-21-13)12-10-14(17(18,19)20)25(23-12)15-5-3-4-7-22-15;1-4-7-22-13(15(16,17)18)9-11(20-22)10-5-6-19-12(8-10)14(23)21(2)3;1-23(2)12(25)9-5-8(3-4-21-9)10-6-11(14(18,19)20)22-24(10)7-13(15,16)17;1-20(2)13(23)11-7-9(3-4-18-11)10-8-12(14(15,16)17)21(19-10)5-6-22;1-20(2)13(23)10-7-9(3-4-18-10)11-8-12(14(15,16)17)19-21(11)5-6-22/h3-10H,1-2H3;5-6,8-9H,4,7H2,1-3H3;3-6H,7H2,1-2H3;2*3-4,7-8,22H,5-6H2,1-2H3. The van der Waals surface area contributed by atoms with Gasteiger partial charge in [0.15, 0.2) is 22.9 Å². The molecule has 0 aromatic carbocycles. The van der Waals surface area contributed by atoms with Crippen LogP contribution in [0, 0.1) is 0 Å². The molecule has 642 valence electrons. The van der Waals surface area contributed by atoms with Crippen molar-refractivity contribution >= 4 is 29.5 Å². The van der Waals surface area contributed by atoms with E-state index in [1.807, 2.05) is 0 Å². The summed E-state index contributed by atoms with van der Waals surface area (Å²) in [5.41, 5.74) is -3.37. The summed E-state index contributed by atoms with van der Waals surface area (Å²) >= 11 is 0. The van der Waals surface area contributed by atoms with Crippen molar-refractivity contribution < 1.29 is 113 Å². The first kappa shape index (κ1) is 94.1. The third kappa shape index (κ3) is 25.0. The summed E-state index contributed by atoms with van der Waals surface area (Å²) in [4.78, 5) is 89.6. The topological polar surface area (TPSA) is 308 Å². The molecule has 0 saturated heterocycles. The molecule has 0 fully saturated rings. The molecule has 11 aromatic heterocycles. The van der Waals surface area contributed by atoms with E-state index < -0.39 is 90.3 Å². The number of aliphatic hydroxyl groups is 2. The Labute approximate surface area is 669 Å². The van der Waals surface area contributed by atoms with Gasteiger partial charge in [0, 0.05) is 142 Å². The SMILES string of the molecule is CCCn1nc(-c2ccnc(C(=O)N(C)C)c2)cc1C(F)(F)F.CN(C)C(=O)c1cc(-c2cc(C(F)(F)F)n(-c3ccccn3)n2)ccn1.CN(C)C(=O)c1cc(-c2cc(C(F)(F)F)n(CCO)n2)ccn1.CN(C)C(=O)c1cc(-c2cc(C(F)(F)F)nn2CC(F)(F)F)ccn1.CN(C)C(=O)c1cc(-c2cc(C(F)(F)F)nn2CCO)ccn1. The van der Waals surface area contributed by atoms with E-state index in [1.54, 1.807) is 75.4 Å². The lowest BCUT2D eigenvalue weighted by molar-refractivity contribution is -0.148. The van der Waals surface area contributed by atoms with E-state index in [0.29, 0.717) is 39.4 Å². The third-order valence-corrected chi connectivity index (χ3v) is 15.9. The fourth-order valence-corrected chi connectivity index (χ4v) is 10.4. The van der Waals surface area contributed by atoms with Crippen molar-refractivity contribution in [2.45, 2.75) is 76.6 Å². The van der Waals surface area contributed by atoms with E-state index in [-0.39, 0.29) is 117 Å². The van der Waals surface area contributed by atoms with E-state index >= 15 is 0 Å². The summed E-state index contributed by atoms with van der Waals surface area (Å²) in [6.45, 7) is -0.942. The van der Waals surface area contributed by atoms with Crippen LogP contribution in [-0.4, -0.2) is 233 Å². The minimum atomic E-state index is -4.90. The molecule has 0 bridgehead atoms. The van der Waals surface area contributed by atoms with Gasteiger partial charge in [-0.15, -0.1) is 0 Å². The first-order chi connectivity index (χ1) is 55.9. The van der Waals surface area contributed by atoms with Gasteiger partial charge in [0.05, 0.1) is 54.8 Å². The second kappa shape index (κ2) is 39.0. The molecule has 0 aliphatic carbocycles. The second-order valence-electron chi connectivity index (χ2n) is 26.2. The van der Waals surface area contributed by atoms with Crippen molar-refractivity contribution in [2.75, 3.05) is 83.7 Å². The Hall–Kier alpha value is -13.0. The van der Waals surface area contributed by atoms with Gasteiger partial charge in [0.1, 0.15) is 46.4 Å². The molecule has 11 heterocycles. The zero-order valence-corrected chi connectivity index (χ0v) is 64.9. The number of aliphatic hydroxyl groups excluding tert-OH is 2. The first-order valence-corrected chi connectivity index (χ1v) is 34.7. The number of aromatic nitrogens is 16. The smallest absolute Gasteiger partial charge is 0.394 e. The summed E-state index contributed by atoms with van der Waals surface area (Å²) in [5, 5.41) is 36.3. The maximum atomic E-state index is 13.4. The number of alkyl halides is 18. The second-order valence-corrected chi connectivity index (χ2v) is 26.2. The van der Waals surface area contributed by atoms with Crippen molar-refractivity contribution in [2.24, 2.45) is 0 Å². The maximum absolute atomic E-state index is 13.4. The van der Waals surface area contributed by atoms with Gasteiger partial charge in [0.25, 0.3) is 29.5 Å². The number of hydrogen-bond acceptors (Lipinski definition) is 18. The minimum Gasteiger partial charge on any atom is -0.394 e. The van der Waals surface area contributed by atoms with Gasteiger partial charge in [-0.3, -0.25) is 67.6 Å². The van der Waals surface area contributed by atoms with Crippen LogP contribution in [0.1, 0.15) is 94.3 Å². The number of aryl methyl sites for hydroxylation is 1. The summed E-state index contributed by atoms with van der Waals surface area (Å²) in [7, 11) is 15.4. The quantitative estimate of drug-likeness (QED) is 0.0754. The average Bonchev–Trinajstić information content (AvgIpc) is 1.65. The largest absolute Gasteiger partial charge is 0.435 e. The van der Waals surface area contributed by atoms with E-state index in [1.165, 1.54) is 130 Å². The molecule has 120 heavy (non-hydrogen) atoms. The Balaban J connectivity index is 0.000000207. The van der Waals surface area contributed by atoms with Gasteiger partial charge in [-0.05, 0) is 110 Å². The highest BCUT2D eigenvalue weighted by atomic mass is 19.4. The number of amides is 5. The van der Waals surface area contributed by atoms with Crippen LogP contribution in [0.5, 0.6) is 0 Å². The number of carbonyl (C=O) groups excluding carboxylic acids is 5. The number of rotatable bonds is 18. The molecule has 0 saturated carbocycles. The van der Waals surface area contributed by atoms with Crippen LogP contribution in [0.15, 0.2) is 146 Å². The monoisotopic (exact) mass is 1710 g/mol. The van der Waals surface area contributed by atoms with Crippen LogP contribution >= 0.6 is 0 Å². The van der Waals surface area contributed by atoms with E-state index in [2.05, 4.69) is 55.4 Å². The molecule has 0 spiro atoms. The van der Waals surface area contributed by atoms with Gasteiger partial charge in [-0.1, -0.05) is 13.0 Å². The zero-order chi connectivity index (χ0) is 89.5. The molecule has 0 radical (unpaired) electrons. The molecule has 0 aliphatic heterocycles. The number of pyridine rings is 6. The number of halogens is 18. The van der Waals surface area contributed by atoms with Gasteiger partial charge in [0.2, 0.25) is 0 Å².